The molecule has 0 aromatic heterocycles. The minimum atomic E-state index is -1.13. The second-order valence-corrected chi connectivity index (χ2v) is 8.48. The van der Waals surface area contributed by atoms with E-state index in [1.165, 1.54) is 49.4 Å². The van der Waals surface area contributed by atoms with Crippen LogP contribution in [0.25, 0.3) is 10.8 Å². The molecule has 0 amide bonds. The predicted octanol–water partition coefficient (Wildman–Crippen LogP) is 5.17. The molecule has 4 aromatic carbocycles. The SMILES string of the molecule is Cc1cccc(C)c1[B-](C)(c1c(C)cccc1C)c1cccc2ccccc12. The highest BCUT2D eigenvalue weighted by Gasteiger charge is 2.30. The van der Waals surface area contributed by atoms with Gasteiger partial charge in [-0.15, -0.1) is 0 Å². The van der Waals surface area contributed by atoms with E-state index in [9.17, 15) is 0 Å². The fourth-order valence-corrected chi connectivity index (χ4v) is 5.69. The van der Waals surface area contributed by atoms with Crippen molar-refractivity contribution in [1.29, 1.82) is 0 Å². The zero-order valence-corrected chi connectivity index (χ0v) is 17.6. The molecule has 1 heteroatoms. The van der Waals surface area contributed by atoms with Crippen molar-refractivity contribution in [1.82, 2.24) is 0 Å². The number of hydrogen-bond donors (Lipinski definition) is 0. The Balaban J connectivity index is 2.20. The normalized spacial score (nSPS) is 11.8. The van der Waals surface area contributed by atoms with Gasteiger partial charge in [-0.3, -0.25) is 0 Å². The molecule has 28 heavy (non-hydrogen) atoms. The van der Waals surface area contributed by atoms with Crippen molar-refractivity contribution in [3.63, 3.8) is 0 Å². The maximum Gasteiger partial charge on any atom is 0.0808 e. The van der Waals surface area contributed by atoms with Crippen LogP contribution in [-0.4, -0.2) is 6.15 Å². The first-order chi connectivity index (χ1) is 13.4. The summed E-state index contributed by atoms with van der Waals surface area (Å²) in [4.78, 5) is 0. The summed E-state index contributed by atoms with van der Waals surface area (Å²) in [5, 5.41) is 2.67. The zero-order chi connectivity index (χ0) is 19.9. The molecule has 0 fully saturated rings. The number of aryl methyl sites for hydroxylation is 4. The van der Waals surface area contributed by atoms with Crippen molar-refractivity contribution in [2.45, 2.75) is 34.5 Å². The van der Waals surface area contributed by atoms with Crippen LogP contribution in [0.3, 0.4) is 0 Å². The molecule has 0 radical (unpaired) electrons. The monoisotopic (exact) mass is 363 g/mol. The third-order valence-corrected chi connectivity index (χ3v) is 6.68. The lowest BCUT2D eigenvalue weighted by Crippen LogP contribution is -2.67. The van der Waals surface area contributed by atoms with E-state index in [4.69, 9.17) is 0 Å². The van der Waals surface area contributed by atoms with Crippen LogP contribution >= 0.6 is 0 Å². The lowest BCUT2D eigenvalue weighted by atomic mass is 9.15. The quantitative estimate of drug-likeness (QED) is 0.440. The third kappa shape index (κ3) is 2.78. The average molecular weight is 363 g/mol. The van der Waals surface area contributed by atoms with E-state index in [0.717, 1.165) is 0 Å². The highest BCUT2D eigenvalue weighted by atomic mass is 14.2. The summed E-state index contributed by atoms with van der Waals surface area (Å²) in [5.74, 6) is 0. The Labute approximate surface area is 169 Å². The Morgan fingerprint density at radius 1 is 0.500 bits per heavy atom. The van der Waals surface area contributed by atoms with Gasteiger partial charge in [0, 0.05) is 0 Å². The molecule has 0 aliphatic heterocycles. The molecule has 0 aliphatic carbocycles. The van der Waals surface area contributed by atoms with Gasteiger partial charge < -0.3 is 0 Å². The average Bonchev–Trinajstić information content (AvgIpc) is 2.67. The molecule has 0 aliphatic rings. The van der Waals surface area contributed by atoms with Crippen molar-refractivity contribution in [3.05, 3.63) is 101 Å². The van der Waals surface area contributed by atoms with Crippen LogP contribution in [0, 0.1) is 27.7 Å². The second-order valence-electron chi connectivity index (χ2n) is 8.48. The van der Waals surface area contributed by atoms with Gasteiger partial charge in [0.25, 0.3) is 0 Å². The summed E-state index contributed by atoms with van der Waals surface area (Å²) in [6.45, 7) is 11.5. The summed E-state index contributed by atoms with van der Waals surface area (Å²) in [6.07, 6.45) is -1.13. The minimum absolute atomic E-state index is 1.13. The molecule has 0 saturated heterocycles. The van der Waals surface area contributed by atoms with E-state index < -0.39 is 6.15 Å². The molecule has 0 saturated carbocycles. The van der Waals surface area contributed by atoms with Gasteiger partial charge in [0.1, 0.15) is 0 Å². The molecular weight excluding hydrogens is 335 g/mol. The highest BCUT2D eigenvalue weighted by Crippen LogP contribution is 2.21. The van der Waals surface area contributed by atoms with Crippen LogP contribution in [0.1, 0.15) is 22.3 Å². The van der Waals surface area contributed by atoms with Crippen molar-refractivity contribution in [2.75, 3.05) is 0 Å². The van der Waals surface area contributed by atoms with E-state index in [1.807, 2.05) is 0 Å². The van der Waals surface area contributed by atoms with Gasteiger partial charge in [-0.2, -0.15) is 23.2 Å². The fraction of sp³-hybridized carbons (Fsp3) is 0.185. The van der Waals surface area contributed by atoms with Gasteiger partial charge in [0.15, 0.2) is 0 Å². The summed E-state index contributed by atoms with van der Waals surface area (Å²) in [6, 6.07) is 29.0. The number of benzene rings is 4. The van der Waals surface area contributed by atoms with Crippen molar-refractivity contribution < 1.29 is 0 Å². The number of rotatable bonds is 3. The molecular formula is C27H28B-. The Morgan fingerprint density at radius 2 is 0.929 bits per heavy atom. The Hall–Kier alpha value is -2.80. The lowest BCUT2D eigenvalue weighted by Gasteiger charge is -2.44. The lowest BCUT2D eigenvalue weighted by molar-refractivity contribution is 1.39. The van der Waals surface area contributed by atoms with Gasteiger partial charge in [-0.1, -0.05) is 107 Å². The Kier molecular flexibility index (Phi) is 4.63. The van der Waals surface area contributed by atoms with Crippen LogP contribution in [0.4, 0.5) is 0 Å². The van der Waals surface area contributed by atoms with Crippen LogP contribution in [0.2, 0.25) is 6.82 Å². The summed E-state index contributed by atoms with van der Waals surface area (Å²) >= 11 is 0. The van der Waals surface area contributed by atoms with Gasteiger partial charge in [0.05, 0.1) is 6.15 Å². The fourth-order valence-electron chi connectivity index (χ4n) is 5.69. The molecule has 0 heterocycles. The van der Waals surface area contributed by atoms with Crippen molar-refractivity contribution in [3.8, 4) is 0 Å². The molecule has 4 rings (SSSR count). The van der Waals surface area contributed by atoms with E-state index in [0.29, 0.717) is 0 Å². The molecule has 0 bridgehead atoms. The van der Waals surface area contributed by atoms with Crippen LogP contribution in [0.15, 0.2) is 78.9 Å². The van der Waals surface area contributed by atoms with Crippen molar-refractivity contribution in [2.24, 2.45) is 0 Å². The van der Waals surface area contributed by atoms with Crippen LogP contribution < -0.4 is 16.4 Å². The molecule has 0 unspecified atom stereocenters. The summed E-state index contributed by atoms with van der Waals surface area (Å²) in [7, 11) is 0. The number of hydrogen-bond acceptors (Lipinski definition) is 0. The van der Waals surface area contributed by atoms with Gasteiger partial charge in [-0.25, -0.2) is 0 Å². The Morgan fingerprint density at radius 3 is 1.46 bits per heavy atom. The van der Waals surface area contributed by atoms with E-state index in [2.05, 4.69) is 113 Å². The zero-order valence-electron chi connectivity index (χ0n) is 17.6. The van der Waals surface area contributed by atoms with Crippen LogP contribution in [0.5, 0.6) is 0 Å². The molecule has 140 valence electrons. The topological polar surface area (TPSA) is 0 Å². The van der Waals surface area contributed by atoms with Crippen LogP contribution in [-0.2, 0) is 0 Å². The van der Waals surface area contributed by atoms with Gasteiger partial charge in [-0.05, 0) is 33.1 Å². The Bertz CT molecular complexity index is 1070. The smallest absolute Gasteiger partial charge is 0.0808 e. The first kappa shape index (κ1) is 18.6. The standard InChI is InChI=1S/C27H28B/c1-19-11-8-12-20(2)26(19)28(5,27-21(3)13-9-14-22(27)4)25-18-10-16-23-15-6-7-17-24(23)25/h6-18H,1-5H3/q-1. The third-order valence-electron chi connectivity index (χ3n) is 6.68. The van der Waals surface area contributed by atoms with E-state index in [1.54, 1.807) is 0 Å². The maximum absolute atomic E-state index is 2.48. The van der Waals surface area contributed by atoms with Crippen molar-refractivity contribution >= 4 is 33.3 Å². The van der Waals surface area contributed by atoms with Gasteiger partial charge >= 0.3 is 0 Å². The highest BCUT2D eigenvalue weighted by molar-refractivity contribution is 7.12. The minimum Gasteiger partial charge on any atom is -0.194 e. The molecule has 0 N–H and O–H groups in total. The van der Waals surface area contributed by atoms with E-state index in [-0.39, 0.29) is 0 Å². The largest absolute Gasteiger partial charge is 0.194 e. The van der Waals surface area contributed by atoms with Gasteiger partial charge in [0.2, 0.25) is 0 Å². The molecule has 0 nitrogen and oxygen atoms in total. The van der Waals surface area contributed by atoms with E-state index >= 15 is 0 Å². The predicted molar refractivity (Wildman–Crippen MR) is 126 cm³/mol. The first-order valence-corrected chi connectivity index (χ1v) is 10.3. The summed E-state index contributed by atoms with van der Waals surface area (Å²) < 4.78 is 0. The first-order valence-electron chi connectivity index (χ1n) is 10.3. The maximum atomic E-state index is 2.48. The second kappa shape index (κ2) is 6.98. The molecule has 4 aromatic rings. The molecule has 0 spiro atoms. The number of fused-ring (bicyclic) bond motifs is 1. The molecule has 0 atom stereocenters. The summed E-state index contributed by atoms with van der Waals surface area (Å²) in [5.41, 5.74) is 9.90.